The van der Waals surface area contributed by atoms with Crippen molar-refractivity contribution in [3.63, 3.8) is 0 Å². The first-order valence-electron chi connectivity index (χ1n) is 6.18. The van der Waals surface area contributed by atoms with Crippen molar-refractivity contribution < 1.29 is 0 Å². The molecule has 0 fully saturated rings. The van der Waals surface area contributed by atoms with Crippen LogP contribution in [0.1, 0.15) is 38.4 Å². The smallest absolute Gasteiger partial charge is 0.0941 e. The molecule has 0 saturated carbocycles. The summed E-state index contributed by atoms with van der Waals surface area (Å²) in [4.78, 5) is 6.96. The molecule has 0 radical (unpaired) electrons. The number of hydrogen-bond acceptors (Lipinski definition) is 4. The molecular weight excluding hydrogens is 230 g/mol. The zero-order valence-electron chi connectivity index (χ0n) is 11.7. The van der Waals surface area contributed by atoms with Crippen LogP contribution in [-0.2, 0) is 13.0 Å². The summed E-state index contributed by atoms with van der Waals surface area (Å²) in [5, 5.41) is 3.30. The Morgan fingerprint density at radius 3 is 2.65 bits per heavy atom. The normalized spacial score (nSPS) is 14.3. The lowest BCUT2D eigenvalue weighted by molar-refractivity contribution is 0.133. The largest absolute Gasteiger partial charge is 0.330 e. The third-order valence-corrected chi connectivity index (χ3v) is 4.24. The van der Waals surface area contributed by atoms with Crippen LogP contribution < -0.4 is 5.73 Å². The summed E-state index contributed by atoms with van der Waals surface area (Å²) in [6.45, 7) is 10.7. The van der Waals surface area contributed by atoms with E-state index in [0.29, 0.717) is 18.0 Å². The third-order valence-electron chi connectivity index (χ3n) is 3.28. The average molecular weight is 255 g/mol. The van der Waals surface area contributed by atoms with E-state index in [1.165, 1.54) is 0 Å². The number of aromatic nitrogens is 1. The molecule has 1 heterocycles. The molecule has 1 aromatic rings. The van der Waals surface area contributed by atoms with Gasteiger partial charge < -0.3 is 5.73 Å². The molecule has 2 N–H and O–H groups in total. The summed E-state index contributed by atoms with van der Waals surface area (Å²) < 4.78 is 0. The van der Waals surface area contributed by atoms with Gasteiger partial charge in [0.2, 0.25) is 0 Å². The average Bonchev–Trinajstić information content (AvgIpc) is 2.63. The van der Waals surface area contributed by atoms with Gasteiger partial charge in [-0.15, -0.1) is 11.3 Å². The molecule has 98 valence electrons. The van der Waals surface area contributed by atoms with Gasteiger partial charge in [0.05, 0.1) is 10.7 Å². The van der Waals surface area contributed by atoms with Crippen LogP contribution in [0.5, 0.6) is 0 Å². The van der Waals surface area contributed by atoms with E-state index in [9.17, 15) is 0 Å². The van der Waals surface area contributed by atoms with Crippen LogP contribution in [0.3, 0.4) is 0 Å². The number of nitrogens with zero attached hydrogens (tertiary/aromatic N) is 2. The maximum atomic E-state index is 5.53. The van der Waals surface area contributed by atoms with Crippen molar-refractivity contribution in [2.75, 3.05) is 13.6 Å². The van der Waals surface area contributed by atoms with E-state index in [4.69, 9.17) is 5.73 Å². The second kappa shape index (κ2) is 5.94. The van der Waals surface area contributed by atoms with E-state index < -0.39 is 0 Å². The first-order chi connectivity index (χ1) is 7.84. The molecule has 17 heavy (non-hydrogen) atoms. The fourth-order valence-electron chi connectivity index (χ4n) is 1.71. The fraction of sp³-hybridized carbons (Fsp3) is 0.769. The summed E-state index contributed by atoms with van der Waals surface area (Å²) >= 11 is 1.72. The van der Waals surface area contributed by atoms with Crippen LogP contribution in [0.25, 0.3) is 0 Å². The van der Waals surface area contributed by atoms with Crippen molar-refractivity contribution in [1.29, 1.82) is 0 Å². The molecule has 0 saturated heterocycles. The molecule has 0 aliphatic carbocycles. The molecule has 0 aliphatic rings. The lowest BCUT2D eigenvalue weighted by Crippen LogP contribution is -2.38. The Labute approximate surface area is 109 Å². The van der Waals surface area contributed by atoms with E-state index in [1.54, 1.807) is 11.3 Å². The van der Waals surface area contributed by atoms with E-state index in [1.807, 2.05) is 0 Å². The molecule has 0 aliphatic heterocycles. The Bertz CT molecular complexity index is 341. The fourth-order valence-corrected chi connectivity index (χ4v) is 2.52. The van der Waals surface area contributed by atoms with Crippen LogP contribution in [0.2, 0.25) is 0 Å². The van der Waals surface area contributed by atoms with E-state index >= 15 is 0 Å². The quantitative estimate of drug-likeness (QED) is 0.879. The standard InChI is InChI=1S/C13H25N3S/c1-10(13(2,3)4)16(5)8-11-9-17-12(15-11)6-7-14/h9-10H,6-8,14H2,1-5H3. The van der Waals surface area contributed by atoms with Gasteiger partial charge in [-0.05, 0) is 25.9 Å². The minimum atomic E-state index is 0.296. The summed E-state index contributed by atoms with van der Waals surface area (Å²) in [6, 6.07) is 0.530. The topological polar surface area (TPSA) is 42.1 Å². The zero-order chi connectivity index (χ0) is 13.1. The Morgan fingerprint density at radius 2 is 2.12 bits per heavy atom. The highest BCUT2D eigenvalue weighted by atomic mass is 32.1. The van der Waals surface area contributed by atoms with Crippen molar-refractivity contribution in [2.45, 2.75) is 46.7 Å². The van der Waals surface area contributed by atoms with Gasteiger partial charge in [0.15, 0.2) is 0 Å². The first kappa shape index (κ1) is 14.6. The minimum Gasteiger partial charge on any atom is -0.330 e. The van der Waals surface area contributed by atoms with Gasteiger partial charge in [-0.25, -0.2) is 4.98 Å². The SMILES string of the molecule is CC(N(C)Cc1csc(CCN)n1)C(C)(C)C. The molecule has 3 nitrogen and oxygen atoms in total. The Balaban J connectivity index is 2.58. The maximum Gasteiger partial charge on any atom is 0.0941 e. The summed E-state index contributed by atoms with van der Waals surface area (Å²) in [7, 11) is 2.16. The molecule has 0 amide bonds. The van der Waals surface area contributed by atoms with Gasteiger partial charge in [0.25, 0.3) is 0 Å². The Hall–Kier alpha value is -0.450. The third kappa shape index (κ3) is 4.37. The summed E-state index contributed by atoms with van der Waals surface area (Å²) in [5.41, 5.74) is 6.99. The lowest BCUT2D eigenvalue weighted by atomic mass is 9.87. The van der Waals surface area contributed by atoms with E-state index in [2.05, 4.69) is 50.0 Å². The molecule has 1 aromatic heterocycles. The molecule has 1 rings (SSSR count). The lowest BCUT2D eigenvalue weighted by Gasteiger charge is -2.35. The van der Waals surface area contributed by atoms with Crippen LogP contribution in [0.15, 0.2) is 5.38 Å². The van der Waals surface area contributed by atoms with Gasteiger partial charge >= 0.3 is 0 Å². The van der Waals surface area contributed by atoms with Crippen LogP contribution in [-0.4, -0.2) is 29.5 Å². The zero-order valence-corrected chi connectivity index (χ0v) is 12.5. The second-order valence-electron chi connectivity index (χ2n) is 5.73. The number of thiazole rings is 1. The minimum absolute atomic E-state index is 0.296. The van der Waals surface area contributed by atoms with Gasteiger partial charge in [-0.1, -0.05) is 20.8 Å². The predicted molar refractivity (Wildman–Crippen MR) is 75.3 cm³/mol. The van der Waals surface area contributed by atoms with Crippen LogP contribution in [0.4, 0.5) is 0 Å². The molecule has 4 heteroatoms. The van der Waals surface area contributed by atoms with Crippen molar-refractivity contribution in [3.05, 3.63) is 16.1 Å². The summed E-state index contributed by atoms with van der Waals surface area (Å²) in [5.74, 6) is 0. The second-order valence-corrected chi connectivity index (χ2v) is 6.67. The van der Waals surface area contributed by atoms with Crippen LogP contribution >= 0.6 is 11.3 Å². The van der Waals surface area contributed by atoms with Crippen molar-refractivity contribution in [3.8, 4) is 0 Å². The molecule has 0 spiro atoms. The molecule has 1 atom stereocenters. The van der Waals surface area contributed by atoms with Crippen molar-refractivity contribution in [1.82, 2.24) is 9.88 Å². The highest BCUT2D eigenvalue weighted by Crippen LogP contribution is 2.24. The first-order valence-corrected chi connectivity index (χ1v) is 7.06. The van der Waals surface area contributed by atoms with Crippen molar-refractivity contribution >= 4 is 11.3 Å². The highest BCUT2D eigenvalue weighted by molar-refractivity contribution is 7.09. The highest BCUT2D eigenvalue weighted by Gasteiger charge is 2.24. The van der Waals surface area contributed by atoms with E-state index in [-0.39, 0.29) is 0 Å². The Kier molecular flexibility index (Phi) is 5.10. The van der Waals surface area contributed by atoms with Gasteiger partial charge in [0, 0.05) is 24.4 Å². The molecule has 0 aromatic carbocycles. The monoisotopic (exact) mass is 255 g/mol. The maximum absolute atomic E-state index is 5.53. The van der Waals surface area contributed by atoms with Gasteiger partial charge in [-0.2, -0.15) is 0 Å². The number of hydrogen-bond donors (Lipinski definition) is 1. The molecule has 0 bridgehead atoms. The summed E-state index contributed by atoms with van der Waals surface area (Å²) in [6.07, 6.45) is 0.892. The van der Waals surface area contributed by atoms with E-state index in [0.717, 1.165) is 23.7 Å². The Morgan fingerprint density at radius 1 is 1.47 bits per heavy atom. The number of nitrogens with two attached hydrogens (primary N) is 1. The molecule has 1 unspecified atom stereocenters. The van der Waals surface area contributed by atoms with Gasteiger partial charge in [-0.3, -0.25) is 4.90 Å². The van der Waals surface area contributed by atoms with Crippen LogP contribution in [0, 0.1) is 5.41 Å². The number of rotatable bonds is 5. The predicted octanol–water partition coefficient (Wildman–Crippen LogP) is 2.51. The van der Waals surface area contributed by atoms with Crippen molar-refractivity contribution in [2.24, 2.45) is 11.1 Å². The molecular formula is C13H25N3S. The van der Waals surface area contributed by atoms with Gasteiger partial charge in [0.1, 0.15) is 0 Å².